The number of nitrogens with zero attached hydrogens (tertiary/aromatic N) is 4. The van der Waals surface area contributed by atoms with Gasteiger partial charge in [-0.05, 0) is 36.8 Å². The molecule has 0 N–H and O–H groups in total. The Hall–Kier alpha value is -2.67. The second-order valence-electron chi connectivity index (χ2n) is 5.90. The molecule has 2 aromatic carbocycles. The van der Waals surface area contributed by atoms with Crippen LogP contribution in [0.3, 0.4) is 0 Å². The lowest BCUT2D eigenvalue weighted by Gasteiger charge is -2.21. The number of hydrogen-bond acceptors (Lipinski definition) is 4. The average molecular weight is 370 g/mol. The summed E-state index contributed by atoms with van der Waals surface area (Å²) in [5.41, 5.74) is 1.69. The van der Waals surface area contributed by atoms with Crippen molar-refractivity contribution in [2.24, 2.45) is 0 Å². The summed E-state index contributed by atoms with van der Waals surface area (Å²) in [6.07, 6.45) is 1.63. The van der Waals surface area contributed by atoms with Gasteiger partial charge in [-0.15, -0.1) is 10.2 Å². The van der Waals surface area contributed by atoms with Gasteiger partial charge in [-0.1, -0.05) is 42.1 Å². The van der Waals surface area contributed by atoms with Crippen LogP contribution in [0.4, 0.5) is 4.39 Å². The number of amides is 1. The number of para-hydroxylation sites is 1. The van der Waals surface area contributed by atoms with Gasteiger partial charge in [-0.25, -0.2) is 4.39 Å². The van der Waals surface area contributed by atoms with Gasteiger partial charge in [0.25, 0.3) is 0 Å². The lowest BCUT2D eigenvalue weighted by molar-refractivity contribution is -0.129. The van der Waals surface area contributed by atoms with Crippen molar-refractivity contribution in [1.29, 1.82) is 0 Å². The van der Waals surface area contributed by atoms with Gasteiger partial charge in [-0.3, -0.25) is 9.36 Å². The number of halogens is 1. The van der Waals surface area contributed by atoms with Crippen LogP contribution in [0.2, 0.25) is 0 Å². The highest BCUT2D eigenvalue weighted by Gasteiger charge is 2.21. The molecule has 3 aromatic rings. The molecule has 0 radical (unpaired) electrons. The van der Waals surface area contributed by atoms with Crippen LogP contribution >= 0.6 is 11.8 Å². The fraction of sp³-hybridized carbons (Fsp3) is 0.211. The Morgan fingerprint density at radius 3 is 2.73 bits per heavy atom. The Labute approximate surface area is 155 Å². The van der Waals surface area contributed by atoms with Crippen LogP contribution in [0.15, 0.2) is 66.1 Å². The summed E-state index contributed by atoms with van der Waals surface area (Å²) in [4.78, 5) is 14.3. The fourth-order valence-corrected chi connectivity index (χ4v) is 3.53. The van der Waals surface area contributed by atoms with Crippen LogP contribution in [0, 0.1) is 5.82 Å². The molecule has 0 saturated carbocycles. The number of hydrogen-bond donors (Lipinski definition) is 0. The predicted octanol–water partition coefficient (Wildman–Crippen LogP) is 3.55. The van der Waals surface area contributed by atoms with E-state index >= 15 is 0 Å². The van der Waals surface area contributed by atoms with E-state index in [1.807, 2.05) is 41.8 Å². The normalized spacial score (nSPS) is 12.0. The van der Waals surface area contributed by atoms with Gasteiger partial charge in [0.15, 0.2) is 5.16 Å². The largest absolute Gasteiger partial charge is 0.340 e. The molecule has 0 bridgehead atoms. The summed E-state index contributed by atoms with van der Waals surface area (Å²) >= 11 is 1.35. The van der Waals surface area contributed by atoms with E-state index in [4.69, 9.17) is 0 Å². The van der Waals surface area contributed by atoms with Crippen molar-refractivity contribution < 1.29 is 9.18 Å². The zero-order valence-corrected chi connectivity index (χ0v) is 15.4. The van der Waals surface area contributed by atoms with Gasteiger partial charge in [0.2, 0.25) is 5.91 Å². The third-order valence-electron chi connectivity index (χ3n) is 3.87. The number of aromatic nitrogens is 3. The zero-order valence-electron chi connectivity index (χ0n) is 14.5. The lowest BCUT2D eigenvalue weighted by Crippen LogP contribution is -2.33. The maximum atomic E-state index is 13.3. The first-order chi connectivity index (χ1) is 12.5. The molecule has 0 aliphatic carbocycles. The quantitative estimate of drug-likeness (QED) is 0.623. The molecule has 26 heavy (non-hydrogen) atoms. The van der Waals surface area contributed by atoms with E-state index in [1.165, 1.54) is 23.9 Å². The van der Waals surface area contributed by atoms with Crippen LogP contribution in [0.1, 0.15) is 12.5 Å². The molecule has 0 saturated heterocycles. The molecule has 1 aromatic heterocycles. The Balaban J connectivity index is 1.67. The fourth-order valence-electron chi connectivity index (χ4n) is 2.58. The summed E-state index contributed by atoms with van der Waals surface area (Å²) in [6.45, 7) is 2.19. The SMILES string of the molecule is CC(Sc1nncn1-c1ccccc1)C(=O)N(C)Cc1cccc(F)c1. The molecule has 0 spiro atoms. The van der Waals surface area contributed by atoms with Crippen LogP contribution in [0.5, 0.6) is 0 Å². The maximum absolute atomic E-state index is 13.3. The summed E-state index contributed by atoms with van der Waals surface area (Å²) in [5.74, 6) is -0.358. The first-order valence-electron chi connectivity index (χ1n) is 8.16. The van der Waals surface area contributed by atoms with E-state index in [2.05, 4.69) is 10.2 Å². The third kappa shape index (κ3) is 4.29. The number of carbonyl (C=O) groups excluding carboxylic acids is 1. The van der Waals surface area contributed by atoms with Crippen molar-refractivity contribution in [3.05, 3.63) is 72.3 Å². The summed E-state index contributed by atoms with van der Waals surface area (Å²) in [5, 5.41) is 8.39. The second kappa shape index (κ2) is 8.14. The highest BCUT2D eigenvalue weighted by atomic mass is 32.2. The van der Waals surface area contributed by atoms with E-state index in [0.717, 1.165) is 11.3 Å². The summed E-state index contributed by atoms with van der Waals surface area (Å²) < 4.78 is 15.2. The molecule has 0 aliphatic rings. The topological polar surface area (TPSA) is 51.0 Å². The molecule has 134 valence electrons. The first-order valence-corrected chi connectivity index (χ1v) is 9.04. The Morgan fingerprint density at radius 2 is 2.00 bits per heavy atom. The van der Waals surface area contributed by atoms with E-state index in [1.54, 1.807) is 30.4 Å². The summed E-state index contributed by atoms with van der Waals surface area (Å²) in [7, 11) is 1.71. The minimum absolute atomic E-state index is 0.0538. The van der Waals surface area contributed by atoms with Crippen molar-refractivity contribution in [3.8, 4) is 5.69 Å². The molecule has 1 heterocycles. The van der Waals surface area contributed by atoms with Crippen molar-refractivity contribution >= 4 is 17.7 Å². The molecule has 1 amide bonds. The van der Waals surface area contributed by atoms with Crippen molar-refractivity contribution in [2.45, 2.75) is 23.9 Å². The van der Waals surface area contributed by atoms with Crippen LogP contribution in [-0.2, 0) is 11.3 Å². The Morgan fingerprint density at radius 1 is 1.23 bits per heavy atom. The molecular formula is C19H19FN4OS. The van der Waals surface area contributed by atoms with Crippen LogP contribution in [0.25, 0.3) is 5.69 Å². The van der Waals surface area contributed by atoms with Crippen molar-refractivity contribution in [1.82, 2.24) is 19.7 Å². The molecule has 1 unspecified atom stereocenters. The minimum Gasteiger partial charge on any atom is -0.340 e. The maximum Gasteiger partial charge on any atom is 0.235 e. The number of rotatable bonds is 6. The highest BCUT2D eigenvalue weighted by molar-refractivity contribution is 8.00. The molecule has 5 nitrogen and oxygen atoms in total. The second-order valence-corrected chi connectivity index (χ2v) is 7.21. The first kappa shape index (κ1) is 18.1. The van der Waals surface area contributed by atoms with Gasteiger partial charge < -0.3 is 4.90 Å². The molecule has 3 rings (SSSR count). The third-order valence-corrected chi connectivity index (χ3v) is 4.91. The smallest absolute Gasteiger partial charge is 0.235 e. The molecular weight excluding hydrogens is 351 g/mol. The van der Waals surface area contributed by atoms with E-state index < -0.39 is 0 Å². The molecule has 1 atom stereocenters. The zero-order chi connectivity index (χ0) is 18.5. The van der Waals surface area contributed by atoms with Crippen LogP contribution in [-0.4, -0.2) is 37.9 Å². The number of carbonyl (C=O) groups is 1. The average Bonchev–Trinajstić information content (AvgIpc) is 3.09. The van der Waals surface area contributed by atoms with Crippen LogP contribution < -0.4 is 0 Å². The van der Waals surface area contributed by atoms with E-state index in [0.29, 0.717) is 11.7 Å². The number of thioether (sulfide) groups is 1. The molecule has 0 fully saturated rings. The summed E-state index contributed by atoms with van der Waals surface area (Å²) in [6, 6.07) is 16.0. The molecule has 0 aliphatic heterocycles. The standard InChI is InChI=1S/C19H19FN4OS/c1-14(18(25)23(2)12-15-7-6-8-16(20)11-15)26-19-22-21-13-24(19)17-9-4-3-5-10-17/h3-11,13-14H,12H2,1-2H3. The van der Waals surface area contributed by atoms with Crippen molar-refractivity contribution in [2.75, 3.05) is 7.05 Å². The monoisotopic (exact) mass is 370 g/mol. The van der Waals surface area contributed by atoms with Gasteiger partial charge in [0, 0.05) is 19.3 Å². The van der Waals surface area contributed by atoms with Gasteiger partial charge >= 0.3 is 0 Å². The lowest BCUT2D eigenvalue weighted by atomic mass is 10.2. The Kier molecular flexibility index (Phi) is 5.68. The van der Waals surface area contributed by atoms with Gasteiger partial charge in [-0.2, -0.15) is 0 Å². The van der Waals surface area contributed by atoms with E-state index in [9.17, 15) is 9.18 Å². The number of benzene rings is 2. The highest BCUT2D eigenvalue weighted by Crippen LogP contribution is 2.25. The molecule has 7 heteroatoms. The van der Waals surface area contributed by atoms with Gasteiger partial charge in [0.1, 0.15) is 12.1 Å². The Bertz CT molecular complexity index is 884. The minimum atomic E-state index is -0.347. The van der Waals surface area contributed by atoms with E-state index in [-0.39, 0.29) is 17.0 Å². The van der Waals surface area contributed by atoms with Crippen molar-refractivity contribution in [3.63, 3.8) is 0 Å². The predicted molar refractivity (Wildman–Crippen MR) is 99.6 cm³/mol. The van der Waals surface area contributed by atoms with Gasteiger partial charge in [0.05, 0.1) is 5.25 Å².